The number of morpholine rings is 1. The lowest BCUT2D eigenvalue weighted by molar-refractivity contribution is -0.140. The highest BCUT2D eigenvalue weighted by atomic mass is 16.5. The van der Waals surface area contributed by atoms with E-state index in [2.05, 4.69) is 15.2 Å². The second kappa shape index (κ2) is 7.92. The summed E-state index contributed by atoms with van der Waals surface area (Å²) in [7, 11) is 0. The lowest BCUT2D eigenvalue weighted by Crippen LogP contribution is -2.54. The van der Waals surface area contributed by atoms with Crippen LogP contribution in [0.25, 0.3) is 0 Å². The van der Waals surface area contributed by atoms with Gasteiger partial charge in [-0.25, -0.2) is 0 Å². The lowest BCUT2D eigenvalue weighted by Gasteiger charge is -2.41. The Morgan fingerprint density at radius 3 is 2.81 bits per heavy atom. The Morgan fingerprint density at radius 1 is 1.19 bits per heavy atom. The highest BCUT2D eigenvalue weighted by Crippen LogP contribution is 2.31. The fourth-order valence-corrected chi connectivity index (χ4v) is 4.75. The number of aromatic amines is 1. The number of amides is 1. The summed E-state index contributed by atoms with van der Waals surface area (Å²) in [5.41, 5.74) is 1.12. The van der Waals surface area contributed by atoms with E-state index in [1.165, 1.54) is 5.56 Å². The van der Waals surface area contributed by atoms with Crippen LogP contribution in [0, 0.1) is 11.8 Å². The third-order valence-electron chi connectivity index (χ3n) is 6.28. The minimum Gasteiger partial charge on any atom is -0.375 e. The minimum absolute atomic E-state index is 0.0539. The number of fused-ring (bicyclic) bond motifs is 1. The van der Waals surface area contributed by atoms with Gasteiger partial charge in [0.25, 0.3) is 0 Å². The quantitative estimate of drug-likeness (QED) is 0.853. The number of carbonyl (C=O) groups is 1. The zero-order valence-electron chi connectivity index (χ0n) is 15.3. The fourth-order valence-electron chi connectivity index (χ4n) is 4.75. The summed E-state index contributed by atoms with van der Waals surface area (Å²) in [6, 6.07) is 3.85. The van der Waals surface area contributed by atoms with Gasteiger partial charge in [-0.15, -0.1) is 0 Å². The molecule has 2 N–H and O–H groups in total. The van der Waals surface area contributed by atoms with Gasteiger partial charge in [0.1, 0.15) is 0 Å². The van der Waals surface area contributed by atoms with Crippen molar-refractivity contribution < 1.29 is 9.53 Å². The smallest absolute Gasteiger partial charge is 0.247 e. The van der Waals surface area contributed by atoms with Crippen LogP contribution in [0.5, 0.6) is 0 Å². The van der Waals surface area contributed by atoms with Crippen LogP contribution in [0.4, 0.5) is 0 Å². The average molecular weight is 359 g/mol. The second-order valence-electron chi connectivity index (χ2n) is 8.01. The normalized spacial score (nSPS) is 30.0. The first-order valence-corrected chi connectivity index (χ1v) is 10.0. The van der Waals surface area contributed by atoms with Crippen molar-refractivity contribution in [3.05, 3.63) is 34.2 Å². The molecule has 3 atom stereocenters. The van der Waals surface area contributed by atoms with Crippen molar-refractivity contribution in [3.8, 4) is 0 Å². The minimum atomic E-state index is -0.0539. The van der Waals surface area contributed by atoms with Crippen LogP contribution in [0.15, 0.2) is 23.1 Å². The van der Waals surface area contributed by atoms with Crippen molar-refractivity contribution in [3.63, 3.8) is 0 Å². The number of ether oxygens (including phenoxy) is 1. The van der Waals surface area contributed by atoms with E-state index in [1.807, 2.05) is 12.3 Å². The number of aromatic nitrogens is 1. The van der Waals surface area contributed by atoms with Gasteiger partial charge in [0.05, 0.1) is 12.7 Å². The number of piperidine rings is 1. The van der Waals surface area contributed by atoms with Crippen molar-refractivity contribution in [2.75, 3.05) is 26.2 Å². The molecule has 3 fully saturated rings. The highest BCUT2D eigenvalue weighted by molar-refractivity contribution is 5.79. The van der Waals surface area contributed by atoms with E-state index in [-0.39, 0.29) is 11.5 Å². The molecule has 0 spiro atoms. The number of rotatable bonds is 3. The summed E-state index contributed by atoms with van der Waals surface area (Å²) in [6.45, 7) is 3.42. The largest absolute Gasteiger partial charge is 0.375 e. The predicted molar refractivity (Wildman–Crippen MR) is 98.9 cm³/mol. The van der Waals surface area contributed by atoms with Crippen LogP contribution in [-0.4, -0.2) is 54.2 Å². The molecule has 4 rings (SSSR count). The Hall–Kier alpha value is -1.66. The molecule has 0 bridgehead atoms. The molecule has 1 aromatic rings. The Balaban J connectivity index is 1.27. The Labute approximate surface area is 154 Å². The molecule has 1 amide bonds. The van der Waals surface area contributed by atoms with E-state index in [1.54, 1.807) is 6.07 Å². The summed E-state index contributed by atoms with van der Waals surface area (Å²) in [5.74, 6) is 1.09. The first-order chi connectivity index (χ1) is 12.7. The van der Waals surface area contributed by atoms with Gasteiger partial charge in [0, 0.05) is 43.9 Å². The number of carbonyl (C=O) groups excluding carboxylic acids is 1. The Bertz CT molecular complexity index is 661. The fraction of sp³-hybridized carbons (Fsp3) is 0.700. The van der Waals surface area contributed by atoms with Crippen LogP contribution in [0.3, 0.4) is 0 Å². The molecule has 3 aliphatic rings. The standard InChI is InChI=1S/C20H29N3O3/c24-19-4-1-15(13-22-19)11-14-5-8-23(9-6-14)20(25)16-2-3-18-17(12-16)21-7-10-26-18/h1,4,13-14,16-18,21H,2-3,5-12H2,(H,22,24)/t16-,17+,18+/m0/s1. The topological polar surface area (TPSA) is 74.4 Å². The molecular weight excluding hydrogens is 330 g/mol. The number of pyridine rings is 1. The van der Waals surface area contributed by atoms with E-state index in [9.17, 15) is 9.59 Å². The van der Waals surface area contributed by atoms with Gasteiger partial charge in [-0.3, -0.25) is 9.59 Å². The number of nitrogens with one attached hydrogen (secondary N) is 2. The molecule has 1 saturated carbocycles. The van der Waals surface area contributed by atoms with Crippen LogP contribution in [0.2, 0.25) is 0 Å². The summed E-state index contributed by atoms with van der Waals surface area (Å²) < 4.78 is 5.82. The average Bonchev–Trinajstić information content (AvgIpc) is 2.69. The van der Waals surface area contributed by atoms with Gasteiger partial charge >= 0.3 is 0 Å². The van der Waals surface area contributed by atoms with Crippen molar-refractivity contribution in [2.24, 2.45) is 11.8 Å². The monoisotopic (exact) mass is 359 g/mol. The molecule has 142 valence electrons. The number of hydrogen-bond acceptors (Lipinski definition) is 4. The molecule has 0 radical (unpaired) electrons. The molecular formula is C20H29N3O3. The van der Waals surface area contributed by atoms with E-state index < -0.39 is 0 Å². The molecule has 2 saturated heterocycles. The number of hydrogen-bond donors (Lipinski definition) is 2. The molecule has 1 aliphatic carbocycles. The predicted octanol–water partition coefficient (Wildman–Crippen LogP) is 1.31. The second-order valence-corrected chi connectivity index (χ2v) is 8.01. The molecule has 6 nitrogen and oxygen atoms in total. The van der Waals surface area contributed by atoms with Crippen molar-refractivity contribution >= 4 is 5.91 Å². The first-order valence-electron chi connectivity index (χ1n) is 10.0. The summed E-state index contributed by atoms with van der Waals surface area (Å²) in [5, 5.41) is 3.53. The van der Waals surface area contributed by atoms with Crippen molar-refractivity contribution in [1.82, 2.24) is 15.2 Å². The van der Waals surface area contributed by atoms with Gasteiger partial charge in [-0.1, -0.05) is 6.07 Å². The van der Waals surface area contributed by atoms with Crippen molar-refractivity contribution in [2.45, 2.75) is 50.7 Å². The van der Waals surface area contributed by atoms with Gasteiger partial charge in [-0.05, 0) is 50.0 Å². The number of nitrogens with zero attached hydrogens (tertiary/aromatic N) is 1. The van der Waals surface area contributed by atoms with Crippen LogP contribution >= 0.6 is 0 Å². The molecule has 6 heteroatoms. The van der Waals surface area contributed by atoms with Crippen molar-refractivity contribution in [1.29, 1.82) is 0 Å². The van der Waals surface area contributed by atoms with E-state index in [0.717, 1.165) is 64.8 Å². The zero-order chi connectivity index (χ0) is 17.9. The maximum Gasteiger partial charge on any atom is 0.247 e. The van der Waals surface area contributed by atoms with Gasteiger partial charge in [0.15, 0.2) is 0 Å². The highest BCUT2D eigenvalue weighted by Gasteiger charge is 2.38. The van der Waals surface area contributed by atoms with E-state index in [4.69, 9.17) is 4.74 Å². The molecule has 0 aromatic carbocycles. The maximum atomic E-state index is 12.9. The lowest BCUT2D eigenvalue weighted by atomic mass is 9.81. The Kier molecular flexibility index (Phi) is 5.41. The Morgan fingerprint density at radius 2 is 2.04 bits per heavy atom. The van der Waals surface area contributed by atoms with Gasteiger partial charge in [0.2, 0.25) is 11.5 Å². The van der Waals surface area contributed by atoms with Crippen LogP contribution in [0.1, 0.15) is 37.7 Å². The third-order valence-corrected chi connectivity index (χ3v) is 6.28. The van der Waals surface area contributed by atoms with Crippen LogP contribution in [-0.2, 0) is 16.0 Å². The SMILES string of the molecule is O=C([C@H]1CC[C@H]2OCCN[C@@H]2C1)N1CCC(Cc2ccc(=O)[nH]c2)CC1. The molecule has 2 aliphatic heterocycles. The summed E-state index contributed by atoms with van der Waals surface area (Å²) in [6.07, 6.45) is 8.06. The van der Waals surface area contributed by atoms with Gasteiger partial charge < -0.3 is 19.9 Å². The zero-order valence-corrected chi connectivity index (χ0v) is 15.3. The van der Waals surface area contributed by atoms with E-state index >= 15 is 0 Å². The molecule has 1 aromatic heterocycles. The molecule has 0 unspecified atom stereocenters. The third kappa shape index (κ3) is 4.01. The maximum absolute atomic E-state index is 12.9. The first kappa shape index (κ1) is 17.7. The number of likely N-dealkylation sites (tertiary alicyclic amines) is 1. The van der Waals surface area contributed by atoms with E-state index in [0.29, 0.717) is 24.0 Å². The molecule has 26 heavy (non-hydrogen) atoms. The van der Waals surface area contributed by atoms with Gasteiger partial charge in [-0.2, -0.15) is 0 Å². The summed E-state index contributed by atoms with van der Waals surface area (Å²) in [4.78, 5) is 28.9. The number of H-pyrrole nitrogens is 1. The van der Waals surface area contributed by atoms with Crippen LogP contribution < -0.4 is 10.9 Å². The molecule has 3 heterocycles. The summed E-state index contributed by atoms with van der Waals surface area (Å²) >= 11 is 0.